The topological polar surface area (TPSA) is 96.2 Å². The van der Waals surface area contributed by atoms with Gasteiger partial charge in [0.25, 0.3) is 0 Å². The minimum absolute atomic E-state index is 0.0415. The van der Waals surface area contributed by atoms with Gasteiger partial charge in [-0.25, -0.2) is 9.18 Å². The molecule has 1 N–H and O–H groups in total. The number of hydrogen-bond donors (Lipinski definition) is 1. The van der Waals surface area contributed by atoms with Gasteiger partial charge in [0.2, 0.25) is 5.43 Å². The molecule has 9 heteroatoms. The molecular formula is C27H26FNO7. The predicted octanol–water partition coefficient (Wildman–Crippen LogP) is 4.33. The summed E-state index contributed by atoms with van der Waals surface area (Å²) in [6.07, 6.45) is 1.40. The highest BCUT2D eigenvalue weighted by Crippen LogP contribution is 2.43. The Bertz CT molecular complexity index is 1400. The number of para-hydroxylation sites is 2. The second-order valence-electron chi connectivity index (χ2n) is 9.23. The molecule has 2 aromatic carbocycles. The van der Waals surface area contributed by atoms with Gasteiger partial charge in [-0.2, -0.15) is 0 Å². The number of hydrogen-bond acceptors (Lipinski definition) is 6. The first kappa shape index (κ1) is 23.7. The number of ether oxygens (including phenoxy) is 4. The molecule has 3 aromatic rings. The monoisotopic (exact) mass is 495 g/mol. The van der Waals surface area contributed by atoms with Crippen molar-refractivity contribution in [1.29, 1.82) is 0 Å². The summed E-state index contributed by atoms with van der Waals surface area (Å²) in [4.78, 5) is 24.1. The van der Waals surface area contributed by atoms with Gasteiger partial charge in [-0.1, -0.05) is 26.0 Å². The zero-order valence-corrected chi connectivity index (χ0v) is 20.1. The summed E-state index contributed by atoms with van der Waals surface area (Å²) in [5, 5.41) is 9.42. The van der Waals surface area contributed by atoms with E-state index in [0.29, 0.717) is 41.6 Å². The normalized spacial score (nSPS) is 17.8. The number of carboxylic acid groups (broad SMARTS) is 1. The number of halogens is 1. The molecule has 2 atom stereocenters. The van der Waals surface area contributed by atoms with Gasteiger partial charge >= 0.3 is 5.97 Å². The van der Waals surface area contributed by atoms with Crippen molar-refractivity contribution in [3.63, 3.8) is 0 Å². The Labute approximate surface area is 206 Å². The summed E-state index contributed by atoms with van der Waals surface area (Å²) in [6, 6.07) is 10.6. The van der Waals surface area contributed by atoms with Crippen LogP contribution >= 0.6 is 0 Å². The molecular weight excluding hydrogens is 469 g/mol. The lowest BCUT2D eigenvalue weighted by Crippen LogP contribution is -2.34. The van der Waals surface area contributed by atoms with Gasteiger partial charge < -0.3 is 28.6 Å². The van der Waals surface area contributed by atoms with Crippen LogP contribution in [0, 0.1) is 11.7 Å². The van der Waals surface area contributed by atoms with Gasteiger partial charge in [-0.3, -0.25) is 4.79 Å². The summed E-state index contributed by atoms with van der Waals surface area (Å²) in [5.41, 5.74) is -0.437. The lowest BCUT2D eigenvalue weighted by atomic mass is 9.86. The number of benzene rings is 2. The Hall–Kier alpha value is -4.01. The summed E-state index contributed by atoms with van der Waals surface area (Å²) in [5.74, 6) is -0.368. The van der Waals surface area contributed by atoms with Crippen molar-refractivity contribution >= 4 is 5.97 Å². The average molecular weight is 496 g/mol. The zero-order valence-electron chi connectivity index (χ0n) is 20.1. The standard InChI is InChI=1S/C27H26FNO7/c1-14(2)19-8-15-9-23(35-13-16-12-34-20-6-4-5-7-21(20)36-16)22(33-3)10-17(15)25-24(28)26(30)18(27(31)32)11-29(19)25/h4-7,9-11,14,16,19H,8,12-13H2,1-3H3,(H,31,32). The van der Waals surface area contributed by atoms with Crippen molar-refractivity contribution < 1.29 is 33.2 Å². The van der Waals surface area contributed by atoms with Gasteiger partial charge in [-0.05, 0) is 42.2 Å². The van der Waals surface area contributed by atoms with Crippen LogP contribution in [0.15, 0.2) is 47.4 Å². The maximum absolute atomic E-state index is 15.4. The molecule has 3 heterocycles. The van der Waals surface area contributed by atoms with E-state index in [0.717, 1.165) is 5.56 Å². The molecule has 0 bridgehead atoms. The molecule has 2 aliphatic rings. The molecule has 0 radical (unpaired) electrons. The largest absolute Gasteiger partial charge is 0.493 e. The first-order valence-corrected chi connectivity index (χ1v) is 11.7. The van der Waals surface area contributed by atoms with Crippen LogP contribution in [0.25, 0.3) is 11.3 Å². The lowest BCUT2D eigenvalue weighted by molar-refractivity contribution is 0.0527. The van der Waals surface area contributed by atoms with Gasteiger partial charge in [0.05, 0.1) is 12.8 Å². The van der Waals surface area contributed by atoms with Gasteiger partial charge in [0, 0.05) is 17.8 Å². The highest BCUT2D eigenvalue weighted by molar-refractivity contribution is 5.88. The number of methoxy groups -OCH3 is 1. The fourth-order valence-electron chi connectivity index (χ4n) is 4.74. The fraction of sp³-hybridized carbons (Fsp3) is 0.333. The summed E-state index contributed by atoms with van der Waals surface area (Å²) in [7, 11) is 1.47. The minimum Gasteiger partial charge on any atom is -0.493 e. The van der Waals surface area contributed by atoms with Gasteiger partial charge in [0.15, 0.2) is 34.9 Å². The molecule has 36 heavy (non-hydrogen) atoms. The Morgan fingerprint density at radius 1 is 1.22 bits per heavy atom. The summed E-state index contributed by atoms with van der Waals surface area (Å²) >= 11 is 0. The van der Waals surface area contributed by atoms with Crippen molar-refractivity contribution in [3.05, 3.63) is 69.8 Å². The van der Waals surface area contributed by atoms with E-state index in [4.69, 9.17) is 18.9 Å². The molecule has 0 fully saturated rings. The van der Waals surface area contributed by atoms with E-state index in [9.17, 15) is 14.7 Å². The van der Waals surface area contributed by atoms with Crippen molar-refractivity contribution in [2.24, 2.45) is 5.92 Å². The number of carboxylic acids is 1. The average Bonchev–Trinajstić information content (AvgIpc) is 2.87. The maximum atomic E-state index is 15.4. The number of pyridine rings is 1. The SMILES string of the molecule is COc1cc2c(cc1OCC1COc3ccccc3O1)CC(C(C)C)n1cc(C(=O)O)c(=O)c(F)c1-2. The third kappa shape index (κ3) is 4.04. The van der Waals surface area contributed by atoms with Gasteiger partial charge in [0.1, 0.15) is 18.8 Å². The van der Waals surface area contributed by atoms with Crippen molar-refractivity contribution in [2.45, 2.75) is 32.4 Å². The van der Waals surface area contributed by atoms with E-state index in [1.54, 1.807) is 16.7 Å². The van der Waals surface area contributed by atoms with E-state index < -0.39 is 22.8 Å². The van der Waals surface area contributed by atoms with Crippen LogP contribution in [-0.2, 0) is 6.42 Å². The van der Waals surface area contributed by atoms with Crippen LogP contribution in [0.2, 0.25) is 0 Å². The molecule has 0 aliphatic carbocycles. The lowest BCUT2D eigenvalue weighted by Gasteiger charge is -2.34. The van der Waals surface area contributed by atoms with Crippen molar-refractivity contribution in [1.82, 2.24) is 4.57 Å². The van der Waals surface area contributed by atoms with Crippen LogP contribution in [0.3, 0.4) is 0 Å². The summed E-state index contributed by atoms with van der Waals surface area (Å²) < 4.78 is 40.2. The highest BCUT2D eigenvalue weighted by atomic mass is 19.1. The Morgan fingerprint density at radius 2 is 1.97 bits per heavy atom. The van der Waals surface area contributed by atoms with Crippen molar-refractivity contribution in [3.8, 4) is 34.3 Å². The molecule has 0 amide bonds. The van der Waals surface area contributed by atoms with E-state index in [-0.39, 0.29) is 30.4 Å². The number of aromatic carboxylic acids is 1. The number of rotatable bonds is 6. The molecule has 5 rings (SSSR count). The predicted molar refractivity (Wildman–Crippen MR) is 129 cm³/mol. The second-order valence-corrected chi connectivity index (χ2v) is 9.23. The quantitative estimate of drug-likeness (QED) is 0.544. The number of carbonyl (C=O) groups is 1. The first-order chi connectivity index (χ1) is 17.3. The Kier molecular flexibility index (Phi) is 6.07. The molecule has 8 nitrogen and oxygen atoms in total. The smallest absolute Gasteiger partial charge is 0.341 e. The molecule has 188 valence electrons. The minimum atomic E-state index is -1.46. The third-order valence-corrected chi connectivity index (χ3v) is 6.60. The van der Waals surface area contributed by atoms with Crippen LogP contribution in [0.1, 0.15) is 35.8 Å². The van der Waals surface area contributed by atoms with E-state index in [2.05, 4.69) is 0 Å². The molecule has 0 saturated heterocycles. The highest BCUT2D eigenvalue weighted by Gasteiger charge is 2.33. The third-order valence-electron chi connectivity index (χ3n) is 6.60. The maximum Gasteiger partial charge on any atom is 0.341 e. The zero-order chi connectivity index (χ0) is 25.6. The van der Waals surface area contributed by atoms with E-state index >= 15 is 4.39 Å². The van der Waals surface area contributed by atoms with Crippen LogP contribution in [0.5, 0.6) is 23.0 Å². The van der Waals surface area contributed by atoms with Crippen LogP contribution in [0.4, 0.5) is 4.39 Å². The first-order valence-electron chi connectivity index (χ1n) is 11.7. The molecule has 1 aromatic heterocycles. The molecule has 0 spiro atoms. The molecule has 2 aliphatic heterocycles. The fourth-order valence-corrected chi connectivity index (χ4v) is 4.74. The number of nitrogens with zero attached hydrogens (tertiary/aromatic N) is 1. The Morgan fingerprint density at radius 3 is 2.67 bits per heavy atom. The van der Waals surface area contributed by atoms with Gasteiger partial charge in [-0.15, -0.1) is 0 Å². The Balaban J connectivity index is 1.50. The van der Waals surface area contributed by atoms with Crippen LogP contribution < -0.4 is 24.4 Å². The number of aromatic nitrogens is 1. The molecule has 2 unspecified atom stereocenters. The summed E-state index contributed by atoms with van der Waals surface area (Å²) in [6.45, 7) is 4.46. The number of fused-ring (bicyclic) bond motifs is 4. The molecule has 0 saturated carbocycles. The van der Waals surface area contributed by atoms with Crippen molar-refractivity contribution in [2.75, 3.05) is 20.3 Å². The second kappa shape index (κ2) is 9.22. The van der Waals surface area contributed by atoms with Crippen LogP contribution in [-0.4, -0.2) is 42.1 Å². The van der Waals surface area contributed by atoms with E-state index in [1.165, 1.54) is 13.3 Å². The van der Waals surface area contributed by atoms with E-state index in [1.807, 2.05) is 38.1 Å².